The maximum absolute atomic E-state index is 12.4. The Hall–Kier alpha value is -2.34. The van der Waals surface area contributed by atoms with Crippen LogP contribution < -0.4 is 5.32 Å². The molecule has 0 unspecified atom stereocenters. The molecule has 0 fully saturated rings. The lowest BCUT2D eigenvalue weighted by Gasteiger charge is -2.22. The molecule has 0 saturated carbocycles. The molecular formula is C19H26N2O4. The van der Waals surface area contributed by atoms with Gasteiger partial charge in [-0.15, -0.1) is 0 Å². The van der Waals surface area contributed by atoms with Gasteiger partial charge in [-0.2, -0.15) is 0 Å². The number of carbonyl (C=O) groups is 2. The summed E-state index contributed by atoms with van der Waals surface area (Å²) in [6, 6.07) is 7.83. The van der Waals surface area contributed by atoms with Crippen molar-refractivity contribution < 1.29 is 19.4 Å². The largest absolute Gasteiger partial charge is 0.460 e. The van der Waals surface area contributed by atoms with Crippen LogP contribution in [-0.4, -0.2) is 40.7 Å². The minimum atomic E-state index is -0.593. The maximum atomic E-state index is 12.4. The molecule has 136 valence electrons. The zero-order chi connectivity index (χ0) is 18.4. The van der Waals surface area contributed by atoms with Crippen molar-refractivity contribution in [3.63, 3.8) is 0 Å². The van der Waals surface area contributed by atoms with Crippen molar-refractivity contribution in [1.82, 2.24) is 10.3 Å². The number of H-pyrrole nitrogens is 1. The molecule has 0 radical (unpaired) electrons. The Morgan fingerprint density at radius 1 is 1.28 bits per heavy atom. The predicted molar refractivity (Wildman–Crippen MR) is 96.1 cm³/mol. The number of para-hydroxylation sites is 1. The molecule has 1 heterocycles. The van der Waals surface area contributed by atoms with Crippen LogP contribution in [0.3, 0.4) is 0 Å². The first-order valence-corrected chi connectivity index (χ1v) is 8.45. The zero-order valence-corrected chi connectivity index (χ0v) is 15.0. The van der Waals surface area contributed by atoms with Gasteiger partial charge in [-0.05, 0) is 38.8 Å². The van der Waals surface area contributed by atoms with Gasteiger partial charge in [0.05, 0.1) is 18.9 Å². The van der Waals surface area contributed by atoms with Crippen molar-refractivity contribution in [2.24, 2.45) is 5.92 Å². The average molecular weight is 346 g/mol. The Bertz CT molecular complexity index is 730. The van der Waals surface area contributed by atoms with E-state index in [-0.39, 0.29) is 25.5 Å². The van der Waals surface area contributed by atoms with Crippen molar-refractivity contribution in [2.75, 3.05) is 13.2 Å². The van der Waals surface area contributed by atoms with Gasteiger partial charge in [-0.3, -0.25) is 9.59 Å². The van der Waals surface area contributed by atoms with Crippen LogP contribution in [-0.2, 0) is 20.7 Å². The van der Waals surface area contributed by atoms with E-state index in [2.05, 4.69) is 10.3 Å². The van der Waals surface area contributed by atoms with Crippen molar-refractivity contribution >= 4 is 22.8 Å². The number of aliphatic hydroxyl groups is 1. The van der Waals surface area contributed by atoms with Gasteiger partial charge in [0, 0.05) is 23.6 Å². The summed E-state index contributed by atoms with van der Waals surface area (Å²) in [4.78, 5) is 27.8. The van der Waals surface area contributed by atoms with E-state index < -0.39 is 17.5 Å². The quantitative estimate of drug-likeness (QED) is 0.670. The standard InChI is InChI=1S/C19H26N2O4/c1-19(2,3)25-17(23)11-13(18(24)20-8-9-22)10-14-12-21-16-7-5-4-6-15(14)16/h4-7,12-13,21-22H,8-11H2,1-3H3,(H,20,24)/t13-/m0/s1. The highest BCUT2D eigenvalue weighted by Crippen LogP contribution is 2.23. The van der Waals surface area contributed by atoms with E-state index in [1.807, 2.05) is 30.5 Å². The number of carbonyl (C=O) groups excluding carboxylic acids is 2. The fraction of sp³-hybridized carbons (Fsp3) is 0.474. The number of hydrogen-bond acceptors (Lipinski definition) is 4. The summed E-state index contributed by atoms with van der Waals surface area (Å²) in [5, 5.41) is 12.6. The number of rotatable bonds is 7. The number of aliphatic hydroxyl groups excluding tert-OH is 1. The number of hydrogen-bond donors (Lipinski definition) is 3. The second-order valence-corrected chi connectivity index (χ2v) is 7.07. The number of esters is 1. The number of fused-ring (bicyclic) bond motifs is 1. The van der Waals surface area contributed by atoms with E-state index in [4.69, 9.17) is 9.84 Å². The Morgan fingerprint density at radius 2 is 2.00 bits per heavy atom. The Kier molecular flexibility index (Phi) is 6.20. The number of amides is 1. The van der Waals surface area contributed by atoms with Crippen LogP contribution in [0.15, 0.2) is 30.5 Å². The highest BCUT2D eigenvalue weighted by molar-refractivity contribution is 5.87. The molecule has 1 aromatic heterocycles. The number of aromatic amines is 1. The summed E-state index contributed by atoms with van der Waals surface area (Å²) < 4.78 is 5.35. The van der Waals surface area contributed by atoms with Crippen LogP contribution in [0.25, 0.3) is 10.9 Å². The summed E-state index contributed by atoms with van der Waals surface area (Å²) in [6.07, 6.45) is 2.28. The monoisotopic (exact) mass is 346 g/mol. The van der Waals surface area contributed by atoms with Crippen LogP contribution in [0.1, 0.15) is 32.8 Å². The normalized spacial score (nSPS) is 12.8. The Balaban J connectivity index is 2.16. The molecule has 0 aliphatic heterocycles. The van der Waals surface area contributed by atoms with Gasteiger partial charge in [0.25, 0.3) is 0 Å². The van der Waals surface area contributed by atoms with Gasteiger partial charge >= 0.3 is 5.97 Å². The molecule has 1 amide bonds. The molecule has 6 nitrogen and oxygen atoms in total. The smallest absolute Gasteiger partial charge is 0.307 e. The van der Waals surface area contributed by atoms with Gasteiger partial charge in [-0.25, -0.2) is 0 Å². The summed E-state index contributed by atoms with van der Waals surface area (Å²) in [7, 11) is 0. The third-order valence-electron chi connectivity index (χ3n) is 3.76. The number of benzene rings is 1. The van der Waals surface area contributed by atoms with Crippen LogP contribution >= 0.6 is 0 Å². The topological polar surface area (TPSA) is 91.4 Å². The molecule has 0 aliphatic rings. The van der Waals surface area contributed by atoms with E-state index in [1.165, 1.54) is 0 Å². The zero-order valence-electron chi connectivity index (χ0n) is 15.0. The van der Waals surface area contributed by atoms with Crippen molar-refractivity contribution in [3.05, 3.63) is 36.0 Å². The van der Waals surface area contributed by atoms with E-state index >= 15 is 0 Å². The molecule has 3 N–H and O–H groups in total. The summed E-state index contributed by atoms with van der Waals surface area (Å²) in [6.45, 7) is 5.41. The SMILES string of the molecule is CC(C)(C)OC(=O)C[C@H](Cc1c[nH]c2ccccc12)C(=O)NCCO. The minimum absolute atomic E-state index is 0.00591. The minimum Gasteiger partial charge on any atom is -0.460 e. The number of nitrogens with one attached hydrogen (secondary N) is 2. The van der Waals surface area contributed by atoms with Crippen LogP contribution in [0, 0.1) is 5.92 Å². The number of aromatic nitrogens is 1. The first kappa shape index (κ1) is 19.0. The second kappa shape index (κ2) is 8.16. The number of ether oxygens (including phenoxy) is 1. The molecule has 2 aromatic rings. The van der Waals surface area contributed by atoms with E-state index in [0.717, 1.165) is 16.5 Å². The van der Waals surface area contributed by atoms with E-state index in [9.17, 15) is 9.59 Å². The first-order valence-electron chi connectivity index (χ1n) is 8.45. The molecule has 2 rings (SSSR count). The molecular weight excluding hydrogens is 320 g/mol. The third-order valence-corrected chi connectivity index (χ3v) is 3.76. The highest BCUT2D eigenvalue weighted by atomic mass is 16.6. The van der Waals surface area contributed by atoms with E-state index in [1.54, 1.807) is 20.8 Å². The Morgan fingerprint density at radius 3 is 2.68 bits per heavy atom. The van der Waals surface area contributed by atoms with Crippen LogP contribution in [0.2, 0.25) is 0 Å². The van der Waals surface area contributed by atoms with E-state index in [0.29, 0.717) is 6.42 Å². The highest BCUT2D eigenvalue weighted by Gasteiger charge is 2.26. The van der Waals surface area contributed by atoms with Crippen LogP contribution in [0.4, 0.5) is 0 Å². The second-order valence-electron chi connectivity index (χ2n) is 7.07. The summed E-state index contributed by atoms with van der Waals surface area (Å²) in [5.74, 6) is -1.22. The van der Waals surface area contributed by atoms with Crippen molar-refractivity contribution in [2.45, 2.75) is 39.2 Å². The summed E-state index contributed by atoms with van der Waals surface area (Å²) in [5.41, 5.74) is 1.37. The Labute approximate surface area is 147 Å². The van der Waals surface area contributed by atoms with Crippen molar-refractivity contribution in [1.29, 1.82) is 0 Å². The fourth-order valence-corrected chi connectivity index (χ4v) is 2.73. The fourth-order valence-electron chi connectivity index (χ4n) is 2.73. The molecule has 0 spiro atoms. The van der Waals surface area contributed by atoms with Crippen molar-refractivity contribution in [3.8, 4) is 0 Å². The first-order chi connectivity index (χ1) is 11.8. The molecule has 6 heteroatoms. The maximum Gasteiger partial charge on any atom is 0.307 e. The molecule has 1 aromatic carbocycles. The van der Waals surface area contributed by atoms with Gasteiger partial charge in [0.2, 0.25) is 5.91 Å². The van der Waals surface area contributed by atoms with Gasteiger partial charge in [0.1, 0.15) is 5.60 Å². The average Bonchev–Trinajstić information content (AvgIpc) is 2.93. The van der Waals surface area contributed by atoms with Gasteiger partial charge in [-0.1, -0.05) is 18.2 Å². The molecule has 1 atom stereocenters. The lowest BCUT2D eigenvalue weighted by molar-refractivity contribution is -0.157. The van der Waals surface area contributed by atoms with Gasteiger partial charge < -0.3 is 20.1 Å². The molecule has 0 saturated heterocycles. The predicted octanol–water partition coefficient (Wildman–Crippen LogP) is 2.17. The molecule has 0 bridgehead atoms. The molecule has 0 aliphatic carbocycles. The summed E-state index contributed by atoms with van der Waals surface area (Å²) >= 11 is 0. The third kappa shape index (κ3) is 5.60. The molecule has 25 heavy (non-hydrogen) atoms. The van der Waals surface area contributed by atoms with Gasteiger partial charge in [0.15, 0.2) is 0 Å². The lowest BCUT2D eigenvalue weighted by Crippen LogP contribution is -2.36. The van der Waals surface area contributed by atoms with Crippen LogP contribution in [0.5, 0.6) is 0 Å². The lowest BCUT2D eigenvalue weighted by atomic mass is 9.95.